The second kappa shape index (κ2) is 6.95. The van der Waals surface area contributed by atoms with Crippen molar-refractivity contribution in [1.29, 1.82) is 0 Å². The molecule has 0 aliphatic carbocycles. The van der Waals surface area contributed by atoms with Crippen LogP contribution in [0.4, 0.5) is 0 Å². The van der Waals surface area contributed by atoms with Gasteiger partial charge in [-0.15, -0.1) is 0 Å². The van der Waals surface area contributed by atoms with Crippen LogP contribution in [0.5, 0.6) is 11.5 Å². The Hall–Kier alpha value is -1.26. The van der Waals surface area contributed by atoms with Gasteiger partial charge >= 0.3 is 0 Å². The van der Waals surface area contributed by atoms with Crippen LogP contribution in [-0.4, -0.2) is 41.3 Å². The fourth-order valence-corrected chi connectivity index (χ4v) is 3.05. The molecule has 4 heteroatoms. The summed E-state index contributed by atoms with van der Waals surface area (Å²) in [7, 11) is 0. The molecule has 0 amide bonds. The van der Waals surface area contributed by atoms with Gasteiger partial charge in [0.15, 0.2) is 0 Å². The van der Waals surface area contributed by atoms with Crippen LogP contribution in [-0.2, 0) is 0 Å². The van der Waals surface area contributed by atoms with Crippen molar-refractivity contribution in [3.8, 4) is 11.5 Å². The van der Waals surface area contributed by atoms with E-state index in [9.17, 15) is 10.2 Å². The fraction of sp³-hybridized carbons (Fsp3) is 0.625. The van der Waals surface area contributed by atoms with Crippen LogP contribution in [0, 0.1) is 5.92 Å². The highest BCUT2D eigenvalue weighted by molar-refractivity contribution is 5.40. The van der Waals surface area contributed by atoms with Gasteiger partial charge in [0.2, 0.25) is 0 Å². The number of rotatable bonds is 5. The average Bonchev–Trinajstić information content (AvgIpc) is 2.45. The molecule has 0 aromatic heterocycles. The molecule has 0 bridgehead atoms. The van der Waals surface area contributed by atoms with Crippen LogP contribution in [0.15, 0.2) is 18.2 Å². The van der Waals surface area contributed by atoms with Gasteiger partial charge in [-0.05, 0) is 51.4 Å². The molecule has 2 atom stereocenters. The normalized spacial score (nSPS) is 21.1. The molecule has 2 rings (SSSR count). The molecule has 1 aromatic rings. The summed E-state index contributed by atoms with van der Waals surface area (Å²) >= 11 is 0. The van der Waals surface area contributed by atoms with Gasteiger partial charge in [0.25, 0.3) is 0 Å². The molecule has 1 saturated heterocycles. The van der Waals surface area contributed by atoms with Crippen LogP contribution < -0.4 is 5.32 Å². The van der Waals surface area contributed by atoms with E-state index in [1.165, 1.54) is 18.9 Å². The Morgan fingerprint density at radius 1 is 1.40 bits per heavy atom. The van der Waals surface area contributed by atoms with Gasteiger partial charge < -0.3 is 15.5 Å². The van der Waals surface area contributed by atoms with E-state index in [1.807, 2.05) is 6.07 Å². The monoisotopic (exact) mass is 278 g/mol. The number of benzene rings is 1. The van der Waals surface area contributed by atoms with Crippen molar-refractivity contribution in [2.75, 3.05) is 26.2 Å². The number of aromatic hydroxyl groups is 2. The smallest absolute Gasteiger partial charge is 0.124 e. The zero-order valence-corrected chi connectivity index (χ0v) is 12.5. The van der Waals surface area contributed by atoms with Gasteiger partial charge in [0.1, 0.15) is 11.5 Å². The molecule has 20 heavy (non-hydrogen) atoms. The van der Waals surface area contributed by atoms with Crippen LogP contribution in [0.2, 0.25) is 0 Å². The Morgan fingerprint density at radius 2 is 2.20 bits per heavy atom. The van der Waals surface area contributed by atoms with Gasteiger partial charge in [-0.3, -0.25) is 4.90 Å². The number of hydrogen-bond acceptors (Lipinski definition) is 4. The molecule has 1 fully saturated rings. The molecule has 1 heterocycles. The molecular formula is C16H26N2O2. The molecule has 112 valence electrons. The summed E-state index contributed by atoms with van der Waals surface area (Å²) in [5, 5.41) is 22.9. The van der Waals surface area contributed by atoms with E-state index in [-0.39, 0.29) is 17.5 Å². The van der Waals surface area contributed by atoms with Crippen LogP contribution in [0.1, 0.15) is 38.3 Å². The Bertz CT molecular complexity index is 430. The Morgan fingerprint density at radius 3 is 2.80 bits per heavy atom. The summed E-state index contributed by atoms with van der Waals surface area (Å²) < 4.78 is 0. The zero-order chi connectivity index (χ0) is 14.5. The number of nitrogens with one attached hydrogen (secondary N) is 1. The van der Waals surface area contributed by atoms with E-state index in [4.69, 9.17) is 0 Å². The molecule has 1 aliphatic heterocycles. The minimum absolute atomic E-state index is 0.109. The summed E-state index contributed by atoms with van der Waals surface area (Å²) in [6.07, 6.45) is 2.53. The van der Waals surface area contributed by atoms with E-state index in [0.717, 1.165) is 31.7 Å². The minimum Gasteiger partial charge on any atom is -0.508 e. The summed E-state index contributed by atoms with van der Waals surface area (Å²) in [4.78, 5) is 2.39. The van der Waals surface area contributed by atoms with E-state index in [1.54, 1.807) is 6.07 Å². The average molecular weight is 278 g/mol. The van der Waals surface area contributed by atoms with E-state index in [0.29, 0.717) is 5.92 Å². The van der Waals surface area contributed by atoms with Crippen molar-refractivity contribution >= 4 is 0 Å². The number of nitrogens with zero attached hydrogens (tertiary/aromatic N) is 1. The lowest BCUT2D eigenvalue weighted by atomic mass is 9.97. The first kappa shape index (κ1) is 15.1. The summed E-state index contributed by atoms with van der Waals surface area (Å²) in [5.74, 6) is 0.973. The highest BCUT2D eigenvalue weighted by atomic mass is 16.3. The lowest BCUT2D eigenvalue weighted by Gasteiger charge is -2.33. The predicted octanol–water partition coefficient (Wildman–Crippen LogP) is 2.48. The number of phenolic OH excluding ortho intramolecular Hbond substituents is 2. The maximum absolute atomic E-state index is 10.0. The van der Waals surface area contributed by atoms with Crippen LogP contribution >= 0.6 is 0 Å². The molecule has 1 aromatic carbocycles. The largest absolute Gasteiger partial charge is 0.508 e. The maximum Gasteiger partial charge on any atom is 0.124 e. The lowest BCUT2D eigenvalue weighted by molar-refractivity contribution is 0.169. The quantitative estimate of drug-likeness (QED) is 0.774. The van der Waals surface area contributed by atoms with Gasteiger partial charge in [-0.2, -0.15) is 0 Å². The van der Waals surface area contributed by atoms with Crippen molar-refractivity contribution < 1.29 is 10.2 Å². The molecular weight excluding hydrogens is 252 g/mol. The maximum atomic E-state index is 10.0. The summed E-state index contributed by atoms with van der Waals surface area (Å²) in [6.45, 7) is 8.50. The van der Waals surface area contributed by atoms with Gasteiger partial charge in [0, 0.05) is 24.2 Å². The highest BCUT2D eigenvalue weighted by Crippen LogP contribution is 2.31. The van der Waals surface area contributed by atoms with Crippen molar-refractivity contribution in [2.45, 2.75) is 32.7 Å². The Labute approximate surface area is 121 Å². The highest BCUT2D eigenvalue weighted by Gasteiger charge is 2.22. The van der Waals surface area contributed by atoms with Crippen molar-refractivity contribution in [3.63, 3.8) is 0 Å². The minimum atomic E-state index is 0.109. The third kappa shape index (κ3) is 3.64. The first-order valence-corrected chi connectivity index (χ1v) is 7.58. The molecule has 0 saturated carbocycles. The van der Waals surface area contributed by atoms with E-state index < -0.39 is 0 Å². The number of phenols is 2. The standard InChI is InChI=1S/C16H26N2O2/c1-3-18(11-13-5-4-8-17-10-13)12(2)15-7-6-14(19)9-16(15)20/h6-7,9,12-13,17,19-20H,3-5,8,10-11H2,1-2H3. The molecule has 0 spiro atoms. The number of hydrogen-bond donors (Lipinski definition) is 3. The third-order valence-electron chi connectivity index (χ3n) is 4.31. The second-order valence-electron chi connectivity index (χ2n) is 5.72. The predicted molar refractivity (Wildman–Crippen MR) is 81.0 cm³/mol. The second-order valence-corrected chi connectivity index (χ2v) is 5.72. The fourth-order valence-electron chi connectivity index (χ4n) is 3.05. The van der Waals surface area contributed by atoms with Gasteiger partial charge in [-0.25, -0.2) is 0 Å². The Kier molecular flexibility index (Phi) is 5.26. The third-order valence-corrected chi connectivity index (χ3v) is 4.31. The first-order chi connectivity index (χ1) is 9.61. The van der Waals surface area contributed by atoms with Gasteiger partial charge in [-0.1, -0.05) is 13.0 Å². The zero-order valence-electron chi connectivity index (χ0n) is 12.5. The molecule has 3 N–H and O–H groups in total. The first-order valence-electron chi connectivity index (χ1n) is 7.58. The summed E-state index contributed by atoms with van der Waals surface area (Å²) in [6, 6.07) is 5.03. The molecule has 4 nitrogen and oxygen atoms in total. The summed E-state index contributed by atoms with van der Waals surface area (Å²) in [5.41, 5.74) is 0.883. The molecule has 2 unspecified atom stereocenters. The van der Waals surface area contributed by atoms with Crippen molar-refractivity contribution in [3.05, 3.63) is 23.8 Å². The lowest BCUT2D eigenvalue weighted by Crippen LogP contribution is -2.39. The van der Waals surface area contributed by atoms with Crippen molar-refractivity contribution in [1.82, 2.24) is 10.2 Å². The SMILES string of the molecule is CCN(CC1CCCNC1)C(C)c1ccc(O)cc1O. The molecule has 0 radical (unpaired) electrons. The van der Waals surface area contributed by atoms with E-state index in [2.05, 4.69) is 24.1 Å². The Balaban J connectivity index is 2.05. The van der Waals surface area contributed by atoms with Crippen LogP contribution in [0.3, 0.4) is 0 Å². The number of piperidine rings is 1. The van der Waals surface area contributed by atoms with Crippen molar-refractivity contribution in [2.24, 2.45) is 5.92 Å². The van der Waals surface area contributed by atoms with Crippen LogP contribution in [0.25, 0.3) is 0 Å². The van der Waals surface area contributed by atoms with E-state index >= 15 is 0 Å². The topological polar surface area (TPSA) is 55.7 Å². The molecule has 1 aliphatic rings. The van der Waals surface area contributed by atoms with Gasteiger partial charge in [0.05, 0.1) is 0 Å².